The molecule has 2 aromatic carbocycles. The largest absolute Gasteiger partial charge is 0.493 e. The van der Waals surface area contributed by atoms with Crippen molar-refractivity contribution in [1.82, 2.24) is 0 Å². The molecule has 0 atom stereocenters. The maximum atomic E-state index is 10.8. The van der Waals surface area contributed by atoms with Gasteiger partial charge in [0.15, 0.2) is 11.5 Å². The molecule has 22 heavy (non-hydrogen) atoms. The monoisotopic (exact) mass is 409 g/mol. The first-order chi connectivity index (χ1) is 10.6. The van der Waals surface area contributed by atoms with Gasteiger partial charge in [-0.3, -0.25) is 4.79 Å². The number of halogens is 1. The van der Waals surface area contributed by atoms with Crippen LogP contribution in [0.2, 0.25) is 0 Å². The molecule has 2 aromatic rings. The third-order valence-corrected chi connectivity index (χ3v) is 3.65. The summed E-state index contributed by atoms with van der Waals surface area (Å²) in [5.41, 5.74) is 6.98. The first-order valence-electron chi connectivity index (χ1n) is 6.61. The summed E-state index contributed by atoms with van der Waals surface area (Å²) >= 11 is 2.26. The fraction of sp³-hybridized carbons (Fsp3) is 0.118. The lowest BCUT2D eigenvalue weighted by Crippen LogP contribution is -2.05. The lowest BCUT2D eigenvalue weighted by molar-refractivity contribution is -0.113. The van der Waals surface area contributed by atoms with E-state index in [0.717, 1.165) is 11.1 Å². The van der Waals surface area contributed by atoms with Gasteiger partial charge in [-0.15, -0.1) is 0 Å². The molecule has 0 aliphatic carbocycles. The highest BCUT2D eigenvalue weighted by Crippen LogP contribution is 2.29. The summed E-state index contributed by atoms with van der Waals surface area (Å²) in [6.07, 6.45) is 2.94. The quantitative estimate of drug-likeness (QED) is 0.588. The van der Waals surface area contributed by atoms with Gasteiger partial charge in [-0.2, -0.15) is 0 Å². The molecular weight excluding hydrogens is 393 g/mol. The molecule has 114 valence electrons. The minimum atomic E-state index is -0.488. The first-order valence-corrected chi connectivity index (χ1v) is 7.69. The standard InChI is InChI=1S/C17H16INO3/c1-21-16-10-12(5-9-17(19)20)4-8-15(16)22-11-13-2-6-14(18)7-3-13/h2-10H,11H2,1H3,(H2,19,20)/b9-5+. The van der Waals surface area contributed by atoms with Crippen molar-refractivity contribution in [2.45, 2.75) is 6.61 Å². The Morgan fingerprint density at radius 2 is 1.91 bits per heavy atom. The van der Waals surface area contributed by atoms with Crippen LogP contribution in [0.3, 0.4) is 0 Å². The molecule has 4 nitrogen and oxygen atoms in total. The second-order valence-electron chi connectivity index (χ2n) is 4.56. The molecule has 0 saturated heterocycles. The molecular formula is C17H16INO3. The number of primary amides is 1. The zero-order valence-electron chi connectivity index (χ0n) is 12.1. The minimum absolute atomic E-state index is 0.462. The predicted molar refractivity (Wildman–Crippen MR) is 94.7 cm³/mol. The van der Waals surface area contributed by atoms with E-state index < -0.39 is 5.91 Å². The van der Waals surface area contributed by atoms with Gasteiger partial charge in [-0.1, -0.05) is 18.2 Å². The number of ether oxygens (including phenoxy) is 2. The van der Waals surface area contributed by atoms with Crippen molar-refractivity contribution in [3.63, 3.8) is 0 Å². The number of rotatable bonds is 6. The van der Waals surface area contributed by atoms with E-state index >= 15 is 0 Å². The summed E-state index contributed by atoms with van der Waals surface area (Å²) in [5.74, 6) is 0.771. The lowest BCUT2D eigenvalue weighted by Gasteiger charge is -2.11. The molecule has 0 aromatic heterocycles. The fourth-order valence-corrected chi connectivity index (χ4v) is 2.19. The Labute approximate surface area is 143 Å². The fourth-order valence-electron chi connectivity index (χ4n) is 1.83. The highest BCUT2D eigenvalue weighted by Gasteiger charge is 2.05. The number of hydrogen-bond acceptors (Lipinski definition) is 3. The number of methoxy groups -OCH3 is 1. The molecule has 0 bridgehead atoms. The summed E-state index contributed by atoms with van der Waals surface area (Å²) in [6, 6.07) is 13.6. The molecule has 1 amide bonds. The molecule has 2 rings (SSSR count). The maximum absolute atomic E-state index is 10.8. The molecule has 0 saturated carbocycles. The van der Waals surface area contributed by atoms with E-state index in [-0.39, 0.29) is 0 Å². The zero-order chi connectivity index (χ0) is 15.9. The van der Waals surface area contributed by atoms with E-state index in [1.807, 2.05) is 36.4 Å². The van der Waals surface area contributed by atoms with E-state index in [0.29, 0.717) is 18.1 Å². The Morgan fingerprint density at radius 3 is 2.55 bits per heavy atom. The van der Waals surface area contributed by atoms with Crippen LogP contribution in [0.4, 0.5) is 0 Å². The SMILES string of the molecule is COc1cc(/C=C/C(N)=O)ccc1OCc1ccc(I)cc1. The van der Waals surface area contributed by atoms with Gasteiger partial charge in [-0.05, 0) is 64.1 Å². The molecule has 0 aliphatic rings. The lowest BCUT2D eigenvalue weighted by atomic mass is 10.2. The van der Waals surface area contributed by atoms with Gasteiger partial charge >= 0.3 is 0 Å². The topological polar surface area (TPSA) is 61.5 Å². The van der Waals surface area contributed by atoms with E-state index in [9.17, 15) is 4.79 Å². The minimum Gasteiger partial charge on any atom is -0.493 e. The van der Waals surface area contributed by atoms with Gasteiger partial charge in [0.05, 0.1) is 7.11 Å². The summed E-state index contributed by atoms with van der Waals surface area (Å²) in [6.45, 7) is 0.462. The Kier molecular flexibility index (Phi) is 5.83. The number of amides is 1. The smallest absolute Gasteiger partial charge is 0.241 e. The van der Waals surface area contributed by atoms with Crippen molar-refractivity contribution in [2.24, 2.45) is 5.73 Å². The Bertz CT molecular complexity index is 681. The van der Waals surface area contributed by atoms with Crippen molar-refractivity contribution in [3.05, 3.63) is 63.2 Å². The van der Waals surface area contributed by atoms with Crippen LogP contribution in [0.25, 0.3) is 6.08 Å². The normalized spacial score (nSPS) is 10.6. The molecule has 0 spiro atoms. The summed E-state index contributed by atoms with van der Waals surface area (Å²) in [7, 11) is 1.58. The molecule has 0 fully saturated rings. The van der Waals surface area contributed by atoms with E-state index in [1.54, 1.807) is 19.3 Å². The van der Waals surface area contributed by atoms with Gasteiger partial charge in [0.1, 0.15) is 6.61 Å². The molecule has 0 radical (unpaired) electrons. The van der Waals surface area contributed by atoms with Crippen LogP contribution in [0, 0.1) is 3.57 Å². The van der Waals surface area contributed by atoms with Crippen LogP contribution in [0.1, 0.15) is 11.1 Å². The van der Waals surface area contributed by atoms with Crippen molar-refractivity contribution < 1.29 is 14.3 Å². The highest BCUT2D eigenvalue weighted by atomic mass is 127. The van der Waals surface area contributed by atoms with E-state index in [1.165, 1.54) is 9.65 Å². The number of hydrogen-bond donors (Lipinski definition) is 1. The van der Waals surface area contributed by atoms with Crippen LogP contribution in [-0.4, -0.2) is 13.0 Å². The average Bonchev–Trinajstić information content (AvgIpc) is 2.52. The third kappa shape index (κ3) is 4.77. The van der Waals surface area contributed by atoms with Crippen LogP contribution >= 0.6 is 22.6 Å². The van der Waals surface area contributed by atoms with Gasteiger partial charge in [0.2, 0.25) is 5.91 Å². The van der Waals surface area contributed by atoms with Gasteiger partial charge in [0.25, 0.3) is 0 Å². The van der Waals surface area contributed by atoms with Gasteiger partial charge in [-0.25, -0.2) is 0 Å². The van der Waals surface area contributed by atoms with Crippen molar-refractivity contribution in [3.8, 4) is 11.5 Å². The van der Waals surface area contributed by atoms with Crippen molar-refractivity contribution in [1.29, 1.82) is 0 Å². The van der Waals surface area contributed by atoms with Crippen LogP contribution in [0.5, 0.6) is 11.5 Å². The maximum Gasteiger partial charge on any atom is 0.241 e. The molecule has 0 unspecified atom stereocenters. The number of benzene rings is 2. The van der Waals surface area contributed by atoms with Crippen LogP contribution in [-0.2, 0) is 11.4 Å². The average molecular weight is 409 g/mol. The van der Waals surface area contributed by atoms with Crippen molar-refractivity contribution >= 4 is 34.6 Å². The predicted octanol–water partition coefficient (Wildman–Crippen LogP) is 3.38. The summed E-state index contributed by atoms with van der Waals surface area (Å²) in [5, 5.41) is 0. The van der Waals surface area contributed by atoms with E-state index in [4.69, 9.17) is 15.2 Å². The summed E-state index contributed by atoms with van der Waals surface area (Å²) in [4.78, 5) is 10.8. The molecule has 2 N–H and O–H groups in total. The van der Waals surface area contributed by atoms with Crippen LogP contribution in [0.15, 0.2) is 48.5 Å². The zero-order valence-corrected chi connectivity index (χ0v) is 14.2. The molecule has 5 heteroatoms. The van der Waals surface area contributed by atoms with Gasteiger partial charge in [0, 0.05) is 9.65 Å². The van der Waals surface area contributed by atoms with Crippen LogP contribution < -0.4 is 15.2 Å². The van der Waals surface area contributed by atoms with Gasteiger partial charge < -0.3 is 15.2 Å². The Balaban J connectivity index is 2.10. The third-order valence-electron chi connectivity index (χ3n) is 2.94. The Morgan fingerprint density at radius 1 is 1.18 bits per heavy atom. The number of carbonyl (C=O) groups excluding carboxylic acids is 1. The Hall–Kier alpha value is -2.02. The number of carbonyl (C=O) groups is 1. The van der Waals surface area contributed by atoms with E-state index in [2.05, 4.69) is 22.6 Å². The highest BCUT2D eigenvalue weighted by molar-refractivity contribution is 14.1. The first kappa shape index (κ1) is 16.4. The second-order valence-corrected chi connectivity index (χ2v) is 5.81. The number of nitrogens with two attached hydrogens (primary N) is 1. The second kappa shape index (κ2) is 7.84. The molecule has 0 heterocycles. The summed E-state index contributed by atoms with van der Waals surface area (Å²) < 4.78 is 12.3. The van der Waals surface area contributed by atoms with Crippen molar-refractivity contribution in [2.75, 3.05) is 7.11 Å². The molecule has 0 aliphatic heterocycles.